The Balaban J connectivity index is 0. The molecular weight excluding hydrogens is 333 g/mol. The third-order valence-electron chi connectivity index (χ3n) is 1.84. The highest BCUT2D eigenvalue weighted by Gasteiger charge is 1.98. The summed E-state index contributed by atoms with van der Waals surface area (Å²) in [6.07, 6.45) is 0.961. The van der Waals surface area contributed by atoms with Crippen molar-refractivity contribution >= 4 is 29.9 Å². The van der Waals surface area contributed by atoms with Gasteiger partial charge in [-0.15, -0.1) is 24.0 Å². The average Bonchev–Trinajstić information content (AvgIpc) is 2.25. The third kappa shape index (κ3) is 13.9. The molecule has 0 aliphatic carbocycles. The summed E-state index contributed by atoms with van der Waals surface area (Å²) in [7, 11) is 3.44. The highest BCUT2D eigenvalue weighted by atomic mass is 127. The molecule has 0 aliphatic heterocycles. The lowest BCUT2D eigenvalue weighted by Crippen LogP contribution is -2.41. The molecule has 104 valence electrons. The molecule has 6 heteroatoms. The van der Waals surface area contributed by atoms with Crippen LogP contribution in [0.25, 0.3) is 0 Å². The zero-order valence-electron chi connectivity index (χ0n) is 11.3. The summed E-state index contributed by atoms with van der Waals surface area (Å²) in [5.41, 5.74) is 0. The van der Waals surface area contributed by atoms with Crippen molar-refractivity contribution in [3.05, 3.63) is 0 Å². The van der Waals surface area contributed by atoms with Gasteiger partial charge in [0, 0.05) is 33.4 Å². The molecule has 0 radical (unpaired) electrons. The summed E-state index contributed by atoms with van der Waals surface area (Å²) in [5, 5.41) is 6.44. The van der Waals surface area contributed by atoms with E-state index in [9.17, 15) is 0 Å². The Morgan fingerprint density at radius 1 is 1.24 bits per heavy atom. The maximum absolute atomic E-state index is 5.35. The Labute approximate surface area is 122 Å². The van der Waals surface area contributed by atoms with E-state index in [0.29, 0.717) is 19.3 Å². The first-order valence-corrected chi connectivity index (χ1v) is 5.74. The Morgan fingerprint density at radius 2 is 1.94 bits per heavy atom. The van der Waals surface area contributed by atoms with Crippen molar-refractivity contribution in [2.24, 2.45) is 4.99 Å². The summed E-state index contributed by atoms with van der Waals surface area (Å²) >= 11 is 0. The van der Waals surface area contributed by atoms with Crippen LogP contribution < -0.4 is 10.6 Å². The maximum Gasteiger partial charge on any atom is 0.191 e. The number of methoxy groups -OCH3 is 1. The van der Waals surface area contributed by atoms with Crippen LogP contribution in [-0.2, 0) is 9.47 Å². The Morgan fingerprint density at radius 3 is 2.47 bits per heavy atom. The lowest BCUT2D eigenvalue weighted by atomic mass is 10.4. The normalized spacial score (nSPS) is 11.2. The molecule has 17 heavy (non-hydrogen) atoms. The number of guanidine groups is 1. The predicted octanol–water partition coefficient (Wildman–Crippen LogP) is 1.23. The number of nitrogens with zero attached hydrogens (tertiary/aromatic N) is 1. The summed E-state index contributed by atoms with van der Waals surface area (Å²) in [4.78, 5) is 4.11. The summed E-state index contributed by atoms with van der Waals surface area (Å²) in [6, 6.07) is 0.393. The monoisotopic (exact) mass is 359 g/mol. The van der Waals surface area contributed by atoms with E-state index in [0.717, 1.165) is 25.5 Å². The highest BCUT2D eigenvalue weighted by Crippen LogP contribution is 1.83. The molecule has 0 fully saturated rings. The number of ether oxygens (including phenoxy) is 2. The first-order chi connectivity index (χ1) is 7.70. The summed E-state index contributed by atoms with van der Waals surface area (Å²) in [5.74, 6) is 0.840. The number of hydrogen-bond donors (Lipinski definition) is 2. The molecule has 5 nitrogen and oxygen atoms in total. The summed E-state index contributed by atoms with van der Waals surface area (Å²) < 4.78 is 10.2. The van der Waals surface area contributed by atoms with Crippen molar-refractivity contribution in [2.75, 3.05) is 40.5 Å². The van der Waals surface area contributed by atoms with Crippen LogP contribution in [0.4, 0.5) is 0 Å². The molecule has 0 saturated carbocycles. The van der Waals surface area contributed by atoms with E-state index in [1.165, 1.54) is 0 Å². The predicted molar refractivity (Wildman–Crippen MR) is 82.4 cm³/mol. The van der Waals surface area contributed by atoms with Gasteiger partial charge in [0.1, 0.15) is 0 Å². The lowest BCUT2D eigenvalue weighted by molar-refractivity contribution is 0.0698. The van der Waals surface area contributed by atoms with Crippen LogP contribution in [0.2, 0.25) is 0 Å². The Bertz CT molecular complexity index is 190. The molecule has 0 aliphatic rings. The Hall–Kier alpha value is -0.0800. The van der Waals surface area contributed by atoms with E-state index < -0.39 is 0 Å². The van der Waals surface area contributed by atoms with Crippen molar-refractivity contribution in [2.45, 2.75) is 26.3 Å². The maximum atomic E-state index is 5.35. The summed E-state index contributed by atoms with van der Waals surface area (Å²) in [6.45, 7) is 7.09. The van der Waals surface area contributed by atoms with E-state index in [4.69, 9.17) is 9.47 Å². The lowest BCUT2D eigenvalue weighted by Gasteiger charge is -2.14. The smallest absolute Gasteiger partial charge is 0.191 e. The molecule has 0 unspecified atom stereocenters. The minimum atomic E-state index is 0. The molecule has 0 bridgehead atoms. The van der Waals surface area contributed by atoms with Crippen LogP contribution in [0.3, 0.4) is 0 Å². The van der Waals surface area contributed by atoms with Crippen molar-refractivity contribution in [3.63, 3.8) is 0 Å². The van der Waals surface area contributed by atoms with Gasteiger partial charge < -0.3 is 20.1 Å². The number of aliphatic imine (C=N–C) groups is 1. The quantitative estimate of drug-likeness (QED) is 0.296. The molecule has 0 spiro atoms. The van der Waals surface area contributed by atoms with E-state index >= 15 is 0 Å². The van der Waals surface area contributed by atoms with Crippen molar-refractivity contribution < 1.29 is 9.47 Å². The van der Waals surface area contributed by atoms with E-state index in [1.807, 2.05) is 0 Å². The van der Waals surface area contributed by atoms with Gasteiger partial charge in [0.2, 0.25) is 0 Å². The fourth-order valence-electron chi connectivity index (χ4n) is 1.09. The second kappa shape index (κ2) is 14.0. The van der Waals surface area contributed by atoms with Gasteiger partial charge in [0.25, 0.3) is 0 Å². The third-order valence-corrected chi connectivity index (χ3v) is 1.84. The van der Waals surface area contributed by atoms with Crippen LogP contribution in [-0.4, -0.2) is 52.5 Å². The second-order valence-electron chi connectivity index (χ2n) is 3.76. The minimum Gasteiger partial charge on any atom is -0.382 e. The zero-order valence-corrected chi connectivity index (χ0v) is 13.6. The fourth-order valence-corrected chi connectivity index (χ4v) is 1.09. The van der Waals surface area contributed by atoms with E-state index in [2.05, 4.69) is 29.5 Å². The van der Waals surface area contributed by atoms with E-state index in [1.54, 1.807) is 14.2 Å². The first kappa shape index (κ1) is 19.3. The number of nitrogens with one attached hydrogen (secondary N) is 2. The van der Waals surface area contributed by atoms with Crippen molar-refractivity contribution in [1.29, 1.82) is 0 Å². The molecule has 0 aromatic heterocycles. The molecule has 0 heterocycles. The highest BCUT2D eigenvalue weighted by molar-refractivity contribution is 14.0. The van der Waals surface area contributed by atoms with Crippen LogP contribution in [0.15, 0.2) is 4.99 Å². The zero-order chi connectivity index (χ0) is 12.2. The van der Waals surface area contributed by atoms with Crippen LogP contribution >= 0.6 is 24.0 Å². The average molecular weight is 359 g/mol. The van der Waals surface area contributed by atoms with Crippen molar-refractivity contribution in [1.82, 2.24) is 10.6 Å². The molecule has 0 aromatic carbocycles. The molecular formula is C11H26IN3O2. The first-order valence-electron chi connectivity index (χ1n) is 5.74. The van der Waals surface area contributed by atoms with Crippen LogP contribution in [0, 0.1) is 0 Å². The number of halogens is 1. The SMILES string of the molecule is CN=C(NCCCOCCOC)NC(C)C.I. The van der Waals surface area contributed by atoms with Crippen LogP contribution in [0.1, 0.15) is 20.3 Å². The van der Waals surface area contributed by atoms with Gasteiger partial charge in [-0.05, 0) is 20.3 Å². The van der Waals surface area contributed by atoms with Gasteiger partial charge in [-0.3, -0.25) is 4.99 Å². The molecule has 0 amide bonds. The molecule has 0 atom stereocenters. The van der Waals surface area contributed by atoms with Gasteiger partial charge in [0.15, 0.2) is 5.96 Å². The van der Waals surface area contributed by atoms with Crippen LogP contribution in [0.5, 0.6) is 0 Å². The minimum absolute atomic E-state index is 0. The number of rotatable bonds is 8. The topological polar surface area (TPSA) is 54.9 Å². The van der Waals surface area contributed by atoms with Gasteiger partial charge in [-0.25, -0.2) is 0 Å². The largest absolute Gasteiger partial charge is 0.382 e. The fraction of sp³-hybridized carbons (Fsp3) is 0.909. The molecule has 0 saturated heterocycles. The van der Waals surface area contributed by atoms with Gasteiger partial charge in [-0.2, -0.15) is 0 Å². The van der Waals surface area contributed by atoms with Gasteiger partial charge >= 0.3 is 0 Å². The molecule has 0 aromatic rings. The molecule has 0 rings (SSSR count). The second-order valence-corrected chi connectivity index (χ2v) is 3.76. The molecule has 2 N–H and O–H groups in total. The number of hydrogen-bond acceptors (Lipinski definition) is 3. The van der Waals surface area contributed by atoms with Gasteiger partial charge in [0.05, 0.1) is 13.2 Å². The van der Waals surface area contributed by atoms with Crippen molar-refractivity contribution in [3.8, 4) is 0 Å². The Kier molecular flexibility index (Phi) is 15.8. The van der Waals surface area contributed by atoms with Gasteiger partial charge in [-0.1, -0.05) is 0 Å². The van der Waals surface area contributed by atoms with E-state index in [-0.39, 0.29) is 24.0 Å². The standard InChI is InChI=1S/C11H25N3O2.HI/c1-10(2)14-11(12-3)13-6-5-7-16-9-8-15-4;/h10H,5-9H2,1-4H3,(H2,12,13,14);1H.